The Labute approximate surface area is 113 Å². The molecule has 2 N–H and O–H groups in total. The fraction of sp³-hybridized carbons (Fsp3) is 1.00. The lowest BCUT2D eigenvalue weighted by Crippen LogP contribution is -2.49. The van der Waals surface area contributed by atoms with Crippen LogP contribution in [0.3, 0.4) is 0 Å². The summed E-state index contributed by atoms with van der Waals surface area (Å²) in [5.74, 6) is 0. The van der Waals surface area contributed by atoms with Crippen molar-refractivity contribution in [2.75, 3.05) is 13.1 Å². The maximum atomic E-state index is 6.30. The molecule has 3 heteroatoms. The number of nitrogens with zero attached hydrogens (tertiary/aromatic N) is 1. The van der Waals surface area contributed by atoms with Crippen LogP contribution in [0, 0.1) is 0 Å². The molecular weight excluding hydrogens is 224 g/mol. The SMILES string of the molecule is CCN(C[C@@H](N)[C@@H](C)OC(C)(C)C)C1CCCC1. The lowest BCUT2D eigenvalue weighted by Gasteiger charge is -2.34. The Morgan fingerprint density at radius 1 is 1.28 bits per heavy atom. The third-order valence-corrected chi connectivity index (χ3v) is 3.83. The molecule has 1 rings (SSSR count). The largest absolute Gasteiger partial charge is 0.371 e. The van der Waals surface area contributed by atoms with Gasteiger partial charge in [0.05, 0.1) is 11.7 Å². The molecule has 0 aromatic heterocycles. The van der Waals surface area contributed by atoms with E-state index in [2.05, 4.69) is 39.5 Å². The summed E-state index contributed by atoms with van der Waals surface area (Å²) >= 11 is 0. The van der Waals surface area contributed by atoms with Gasteiger partial charge in [-0.2, -0.15) is 0 Å². The lowest BCUT2D eigenvalue weighted by molar-refractivity contribution is -0.0656. The molecule has 18 heavy (non-hydrogen) atoms. The minimum absolute atomic E-state index is 0.102. The van der Waals surface area contributed by atoms with Gasteiger partial charge in [0.1, 0.15) is 0 Å². The summed E-state index contributed by atoms with van der Waals surface area (Å²) in [6.45, 7) is 12.7. The maximum Gasteiger partial charge on any atom is 0.0717 e. The standard InChI is InChI=1S/C15H32N2O/c1-6-17(13-9-7-8-10-13)11-14(16)12(2)18-15(3,4)5/h12-14H,6-11,16H2,1-5H3/t12-,14-/m1/s1. The predicted octanol–water partition coefficient (Wildman–Crippen LogP) is 2.78. The van der Waals surface area contributed by atoms with E-state index in [1.54, 1.807) is 0 Å². The number of rotatable bonds is 6. The molecule has 1 saturated carbocycles. The fourth-order valence-electron chi connectivity index (χ4n) is 2.87. The summed E-state index contributed by atoms with van der Waals surface area (Å²) in [6.07, 6.45) is 5.56. The first kappa shape index (κ1) is 15.9. The number of likely N-dealkylation sites (N-methyl/N-ethyl adjacent to an activating group) is 1. The van der Waals surface area contributed by atoms with Crippen molar-refractivity contribution in [1.82, 2.24) is 4.90 Å². The average molecular weight is 256 g/mol. The van der Waals surface area contributed by atoms with Crippen LogP contribution in [0.25, 0.3) is 0 Å². The molecule has 0 spiro atoms. The van der Waals surface area contributed by atoms with Crippen molar-refractivity contribution in [3.8, 4) is 0 Å². The molecule has 2 atom stereocenters. The molecule has 0 heterocycles. The van der Waals surface area contributed by atoms with Crippen molar-refractivity contribution in [2.45, 2.75) is 84.1 Å². The number of hydrogen-bond acceptors (Lipinski definition) is 3. The zero-order chi connectivity index (χ0) is 13.8. The summed E-state index contributed by atoms with van der Waals surface area (Å²) in [5.41, 5.74) is 6.19. The van der Waals surface area contributed by atoms with Crippen LogP contribution >= 0.6 is 0 Å². The Morgan fingerprint density at radius 3 is 2.28 bits per heavy atom. The summed E-state index contributed by atoms with van der Waals surface area (Å²) in [6, 6.07) is 0.854. The zero-order valence-corrected chi connectivity index (χ0v) is 12.9. The molecule has 0 radical (unpaired) electrons. The molecule has 0 aliphatic heterocycles. The van der Waals surface area contributed by atoms with Crippen LogP contribution in [0.1, 0.15) is 60.3 Å². The van der Waals surface area contributed by atoms with Crippen LogP contribution in [-0.4, -0.2) is 41.8 Å². The average Bonchev–Trinajstić information content (AvgIpc) is 2.76. The number of hydrogen-bond donors (Lipinski definition) is 1. The summed E-state index contributed by atoms with van der Waals surface area (Å²) in [7, 11) is 0. The Hall–Kier alpha value is -0.120. The van der Waals surface area contributed by atoms with Gasteiger partial charge in [-0.15, -0.1) is 0 Å². The van der Waals surface area contributed by atoms with Gasteiger partial charge in [-0.25, -0.2) is 0 Å². The zero-order valence-electron chi connectivity index (χ0n) is 12.9. The van der Waals surface area contributed by atoms with Crippen molar-refractivity contribution in [1.29, 1.82) is 0 Å². The van der Waals surface area contributed by atoms with E-state index in [-0.39, 0.29) is 17.7 Å². The van der Waals surface area contributed by atoms with Crippen molar-refractivity contribution in [3.63, 3.8) is 0 Å². The molecular formula is C15H32N2O. The van der Waals surface area contributed by atoms with E-state index in [4.69, 9.17) is 10.5 Å². The van der Waals surface area contributed by atoms with Crippen LogP contribution in [0.2, 0.25) is 0 Å². The van der Waals surface area contributed by atoms with E-state index < -0.39 is 0 Å². The van der Waals surface area contributed by atoms with Crippen LogP contribution < -0.4 is 5.73 Å². The highest BCUT2D eigenvalue weighted by Gasteiger charge is 2.26. The third kappa shape index (κ3) is 5.25. The van der Waals surface area contributed by atoms with Crippen LogP contribution in [-0.2, 0) is 4.74 Å². The minimum Gasteiger partial charge on any atom is -0.371 e. The fourth-order valence-corrected chi connectivity index (χ4v) is 2.87. The lowest BCUT2D eigenvalue weighted by atomic mass is 10.1. The molecule has 1 aliphatic carbocycles. The predicted molar refractivity (Wildman–Crippen MR) is 77.8 cm³/mol. The molecule has 1 aliphatic rings. The van der Waals surface area contributed by atoms with E-state index in [1.807, 2.05) is 0 Å². The summed E-state index contributed by atoms with van der Waals surface area (Å²) < 4.78 is 5.96. The molecule has 0 aromatic carbocycles. The molecule has 108 valence electrons. The van der Waals surface area contributed by atoms with Gasteiger partial charge in [0, 0.05) is 18.6 Å². The van der Waals surface area contributed by atoms with Crippen LogP contribution in [0.5, 0.6) is 0 Å². The molecule has 0 aromatic rings. The quantitative estimate of drug-likeness (QED) is 0.794. The van der Waals surface area contributed by atoms with Gasteiger partial charge in [-0.3, -0.25) is 4.90 Å². The Morgan fingerprint density at radius 2 is 1.83 bits per heavy atom. The summed E-state index contributed by atoms with van der Waals surface area (Å²) in [5, 5.41) is 0. The van der Waals surface area contributed by atoms with Crippen molar-refractivity contribution in [3.05, 3.63) is 0 Å². The molecule has 0 amide bonds. The van der Waals surface area contributed by atoms with Gasteiger partial charge in [0.25, 0.3) is 0 Å². The topological polar surface area (TPSA) is 38.5 Å². The highest BCUT2D eigenvalue weighted by atomic mass is 16.5. The monoisotopic (exact) mass is 256 g/mol. The highest BCUT2D eigenvalue weighted by Crippen LogP contribution is 2.23. The van der Waals surface area contributed by atoms with Crippen molar-refractivity contribution >= 4 is 0 Å². The Bertz CT molecular complexity index is 231. The first-order valence-electron chi connectivity index (χ1n) is 7.51. The van der Waals surface area contributed by atoms with E-state index in [0.29, 0.717) is 0 Å². The molecule has 3 nitrogen and oxygen atoms in total. The van der Waals surface area contributed by atoms with E-state index in [9.17, 15) is 0 Å². The highest BCUT2D eigenvalue weighted by molar-refractivity contribution is 4.82. The normalized spacial score (nSPS) is 21.5. The van der Waals surface area contributed by atoms with E-state index in [1.165, 1.54) is 25.7 Å². The third-order valence-electron chi connectivity index (χ3n) is 3.83. The second kappa shape index (κ2) is 6.88. The van der Waals surface area contributed by atoms with Crippen molar-refractivity contribution in [2.24, 2.45) is 5.73 Å². The molecule has 1 fully saturated rings. The molecule has 0 unspecified atom stereocenters. The smallest absolute Gasteiger partial charge is 0.0717 e. The van der Waals surface area contributed by atoms with Crippen molar-refractivity contribution < 1.29 is 4.74 Å². The minimum atomic E-state index is -0.110. The Kier molecular flexibility index (Phi) is 6.09. The van der Waals surface area contributed by atoms with Gasteiger partial charge in [-0.1, -0.05) is 19.8 Å². The van der Waals surface area contributed by atoms with Gasteiger partial charge >= 0.3 is 0 Å². The second-order valence-corrected chi connectivity index (χ2v) is 6.63. The van der Waals surface area contributed by atoms with E-state index >= 15 is 0 Å². The number of nitrogens with two attached hydrogens (primary N) is 1. The first-order valence-corrected chi connectivity index (χ1v) is 7.51. The van der Waals surface area contributed by atoms with Crippen LogP contribution in [0.15, 0.2) is 0 Å². The maximum absolute atomic E-state index is 6.30. The second-order valence-electron chi connectivity index (χ2n) is 6.63. The summed E-state index contributed by atoms with van der Waals surface area (Å²) in [4.78, 5) is 2.54. The number of ether oxygens (including phenoxy) is 1. The van der Waals surface area contributed by atoms with Gasteiger partial charge in [-0.05, 0) is 47.1 Å². The van der Waals surface area contributed by atoms with Gasteiger partial charge in [0.2, 0.25) is 0 Å². The Balaban J connectivity index is 2.43. The first-order chi connectivity index (χ1) is 8.33. The van der Waals surface area contributed by atoms with Gasteiger partial charge < -0.3 is 10.5 Å². The molecule has 0 bridgehead atoms. The molecule has 0 saturated heterocycles. The van der Waals surface area contributed by atoms with Gasteiger partial charge in [0.15, 0.2) is 0 Å². The van der Waals surface area contributed by atoms with E-state index in [0.717, 1.165) is 19.1 Å². The van der Waals surface area contributed by atoms with Crippen LogP contribution in [0.4, 0.5) is 0 Å².